The Bertz CT molecular complexity index is 433. The van der Waals surface area contributed by atoms with Gasteiger partial charge in [0.2, 0.25) is 5.91 Å². The maximum atomic E-state index is 11.8. The fourth-order valence-electron chi connectivity index (χ4n) is 1.32. The third kappa shape index (κ3) is 4.19. The van der Waals surface area contributed by atoms with Crippen LogP contribution in [-0.4, -0.2) is 25.4 Å². The second kappa shape index (κ2) is 6.39. The molecule has 0 aliphatic carbocycles. The zero-order chi connectivity index (χ0) is 12.8. The molecular formula is C12H15BrN2O2. The van der Waals surface area contributed by atoms with E-state index in [1.54, 1.807) is 13.1 Å². The van der Waals surface area contributed by atoms with Gasteiger partial charge in [-0.25, -0.2) is 0 Å². The Hall–Kier alpha value is -1.36. The van der Waals surface area contributed by atoms with Crippen LogP contribution in [-0.2, 0) is 4.79 Å². The number of carbonyl (C=O) groups is 2. The molecule has 1 aromatic rings. The smallest absolute Gasteiger partial charge is 0.252 e. The molecular weight excluding hydrogens is 284 g/mol. The van der Waals surface area contributed by atoms with Crippen LogP contribution < -0.4 is 10.6 Å². The first-order chi connectivity index (χ1) is 8.04. The number of aryl methyl sites for hydroxylation is 1. The van der Waals surface area contributed by atoms with Gasteiger partial charge in [-0.2, -0.15) is 0 Å². The van der Waals surface area contributed by atoms with E-state index < -0.39 is 0 Å². The van der Waals surface area contributed by atoms with E-state index in [0.717, 1.165) is 10.0 Å². The van der Waals surface area contributed by atoms with Crippen molar-refractivity contribution in [1.29, 1.82) is 0 Å². The lowest BCUT2D eigenvalue weighted by atomic mass is 10.1. The Morgan fingerprint density at radius 3 is 2.71 bits per heavy atom. The molecule has 0 unspecified atom stereocenters. The maximum absolute atomic E-state index is 11.8. The van der Waals surface area contributed by atoms with E-state index >= 15 is 0 Å². The minimum Gasteiger partial charge on any atom is -0.359 e. The van der Waals surface area contributed by atoms with Gasteiger partial charge in [-0.15, -0.1) is 0 Å². The van der Waals surface area contributed by atoms with Crippen LogP contribution in [0, 0.1) is 6.92 Å². The standard InChI is InChI=1S/C12H15BrN2O2/c1-8-3-4-10(13)9(7-8)12(17)15-6-5-11(16)14-2/h3-4,7H,5-6H2,1-2H3,(H,14,16)(H,15,17). The molecule has 2 amide bonds. The predicted molar refractivity (Wildman–Crippen MR) is 69.9 cm³/mol. The molecule has 2 N–H and O–H groups in total. The van der Waals surface area contributed by atoms with Crippen LogP contribution in [0.25, 0.3) is 0 Å². The van der Waals surface area contributed by atoms with Gasteiger partial charge in [-0.05, 0) is 35.0 Å². The van der Waals surface area contributed by atoms with Crippen LogP contribution in [0.5, 0.6) is 0 Å². The van der Waals surface area contributed by atoms with E-state index in [1.165, 1.54) is 0 Å². The summed E-state index contributed by atoms with van der Waals surface area (Å²) in [6, 6.07) is 5.56. The van der Waals surface area contributed by atoms with Gasteiger partial charge < -0.3 is 10.6 Å². The quantitative estimate of drug-likeness (QED) is 0.887. The molecule has 0 aliphatic rings. The van der Waals surface area contributed by atoms with Crippen molar-refractivity contribution < 1.29 is 9.59 Å². The fourth-order valence-corrected chi connectivity index (χ4v) is 1.75. The summed E-state index contributed by atoms with van der Waals surface area (Å²) in [4.78, 5) is 22.8. The molecule has 0 aromatic heterocycles. The van der Waals surface area contributed by atoms with E-state index in [-0.39, 0.29) is 18.2 Å². The molecule has 0 fully saturated rings. The Labute approximate surface area is 109 Å². The highest BCUT2D eigenvalue weighted by Crippen LogP contribution is 2.17. The number of halogens is 1. The molecule has 0 spiro atoms. The summed E-state index contributed by atoms with van der Waals surface area (Å²) in [5.74, 6) is -0.266. The van der Waals surface area contributed by atoms with Gasteiger partial charge in [0.15, 0.2) is 0 Å². The normalized spacial score (nSPS) is 9.82. The summed E-state index contributed by atoms with van der Waals surface area (Å²) < 4.78 is 0.751. The second-order valence-electron chi connectivity index (χ2n) is 3.66. The van der Waals surface area contributed by atoms with Crippen molar-refractivity contribution in [2.24, 2.45) is 0 Å². The first-order valence-corrected chi connectivity index (χ1v) is 6.09. The number of carbonyl (C=O) groups excluding carboxylic acids is 2. The largest absolute Gasteiger partial charge is 0.359 e. The molecule has 0 bridgehead atoms. The number of nitrogens with one attached hydrogen (secondary N) is 2. The molecule has 0 radical (unpaired) electrons. The van der Waals surface area contributed by atoms with E-state index in [4.69, 9.17) is 0 Å². The molecule has 1 rings (SSSR count). The molecule has 1 aromatic carbocycles. The van der Waals surface area contributed by atoms with E-state index in [9.17, 15) is 9.59 Å². The van der Waals surface area contributed by atoms with Crippen LogP contribution >= 0.6 is 15.9 Å². The fraction of sp³-hybridized carbons (Fsp3) is 0.333. The Morgan fingerprint density at radius 1 is 1.35 bits per heavy atom. The Morgan fingerprint density at radius 2 is 2.06 bits per heavy atom. The second-order valence-corrected chi connectivity index (χ2v) is 4.52. The third-order valence-corrected chi connectivity index (χ3v) is 2.97. The van der Waals surface area contributed by atoms with Crippen molar-refractivity contribution in [2.75, 3.05) is 13.6 Å². The third-order valence-electron chi connectivity index (χ3n) is 2.28. The van der Waals surface area contributed by atoms with Crippen molar-refractivity contribution in [3.05, 3.63) is 33.8 Å². The maximum Gasteiger partial charge on any atom is 0.252 e. The van der Waals surface area contributed by atoms with Gasteiger partial charge in [0.25, 0.3) is 5.91 Å². The van der Waals surface area contributed by atoms with Gasteiger partial charge >= 0.3 is 0 Å². The molecule has 0 saturated heterocycles. The minimum absolute atomic E-state index is 0.0893. The van der Waals surface area contributed by atoms with Gasteiger partial charge in [-0.3, -0.25) is 9.59 Å². The van der Waals surface area contributed by atoms with Gasteiger partial charge in [0.1, 0.15) is 0 Å². The summed E-state index contributed by atoms with van der Waals surface area (Å²) in [5.41, 5.74) is 1.60. The summed E-state index contributed by atoms with van der Waals surface area (Å²) in [5, 5.41) is 5.20. The highest BCUT2D eigenvalue weighted by Gasteiger charge is 2.09. The minimum atomic E-state index is -0.176. The Balaban J connectivity index is 2.58. The van der Waals surface area contributed by atoms with Gasteiger partial charge in [0.05, 0.1) is 5.56 Å². The lowest BCUT2D eigenvalue weighted by molar-refractivity contribution is -0.120. The number of benzene rings is 1. The highest BCUT2D eigenvalue weighted by molar-refractivity contribution is 9.10. The van der Waals surface area contributed by atoms with Crippen molar-refractivity contribution in [3.8, 4) is 0 Å². The topological polar surface area (TPSA) is 58.2 Å². The molecule has 0 aliphatic heterocycles. The van der Waals surface area contributed by atoms with Gasteiger partial charge in [0, 0.05) is 24.5 Å². The summed E-state index contributed by atoms with van der Waals surface area (Å²) >= 11 is 3.33. The van der Waals surface area contributed by atoms with Crippen molar-refractivity contribution in [2.45, 2.75) is 13.3 Å². The van der Waals surface area contributed by atoms with Gasteiger partial charge in [-0.1, -0.05) is 11.6 Å². The van der Waals surface area contributed by atoms with Crippen molar-refractivity contribution in [1.82, 2.24) is 10.6 Å². The average molecular weight is 299 g/mol. The summed E-state index contributed by atoms with van der Waals surface area (Å²) in [6.45, 7) is 2.26. The molecule has 0 saturated carbocycles. The SMILES string of the molecule is CNC(=O)CCNC(=O)c1cc(C)ccc1Br. The zero-order valence-electron chi connectivity index (χ0n) is 9.84. The summed E-state index contributed by atoms with van der Waals surface area (Å²) in [7, 11) is 1.57. The van der Waals surface area contributed by atoms with Crippen LogP contribution in [0.15, 0.2) is 22.7 Å². The van der Waals surface area contributed by atoms with Crippen LogP contribution in [0.3, 0.4) is 0 Å². The number of amides is 2. The lowest BCUT2D eigenvalue weighted by Crippen LogP contribution is -2.29. The van der Waals surface area contributed by atoms with Crippen LogP contribution in [0.1, 0.15) is 22.3 Å². The van der Waals surface area contributed by atoms with Crippen LogP contribution in [0.4, 0.5) is 0 Å². The first-order valence-electron chi connectivity index (χ1n) is 5.29. The van der Waals surface area contributed by atoms with E-state index in [2.05, 4.69) is 26.6 Å². The molecule has 5 heteroatoms. The number of hydrogen-bond donors (Lipinski definition) is 2. The first kappa shape index (κ1) is 13.7. The van der Waals surface area contributed by atoms with Crippen molar-refractivity contribution in [3.63, 3.8) is 0 Å². The number of rotatable bonds is 4. The van der Waals surface area contributed by atoms with E-state index in [0.29, 0.717) is 12.1 Å². The molecule has 0 atom stereocenters. The Kier molecular flexibility index (Phi) is 5.15. The lowest BCUT2D eigenvalue weighted by Gasteiger charge is -2.07. The number of hydrogen-bond acceptors (Lipinski definition) is 2. The zero-order valence-corrected chi connectivity index (χ0v) is 11.4. The molecule has 0 heterocycles. The average Bonchev–Trinajstić information content (AvgIpc) is 2.31. The molecule has 4 nitrogen and oxygen atoms in total. The molecule has 17 heavy (non-hydrogen) atoms. The monoisotopic (exact) mass is 298 g/mol. The van der Waals surface area contributed by atoms with E-state index in [1.807, 2.05) is 19.1 Å². The highest BCUT2D eigenvalue weighted by atomic mass is 79.9. The van der Waals surface area contributed by atoms with Crippen molar-refractivity contribution >= 4 is 27.7 Å². The van der Waals surface area contributed by atoms with Crippen LogP contribution in [0.2, 0.25) is 0 Å². The molecule has 92 valence electrons. The summed E-state index contributed by atoms with van der Waals surface area (Å²) in [6.07, 6.45) is 0.283. The predicted octanol–water partition coefficient (Wildman–Crippen LogP) is 1.62.